The van der Waals surface area contributed by atoms with Gasteiger partial charge in [0.25, 0.3) is 0 Å². The van der Waals surface area contributed by atoms with Crippen molar-refractivity contribution in [1.82, 2.24) is 29.4 Å². The summed E-state index contributed by atoms with van der Waals surface area (Å²) in [6.07, 6.45) is 4.95. The Balaban J connectivity index is 1.35. The van der Waals surface area contributed by atoms with Crippen LogP contribution in [0.25, 0.3) is 16.7 Å². The van der Waals surface area contributed by atoms with E-state index in [-0.39, 0.29) is 6.61 Å². The molecule has 3 aromatic heterocycles. The molecule has 0 atom stereocenters. The van der Waals surface area contributed by atoms with Crippen LogP contribution in [0.1, 0.15) is 17.0 Å². The number of nitrogens with zero attached hydrogens (tertiary/aromatic N) is 7. The number of aromatic nitrogens is 6. The number of fused-ring (bicyclic) bond motifs is 3. The van der Waals surface area contributed by atoms with E-state index in [1.807, 2.05) is 41.1 Å². The molecule has 30 heavy (non-hydrogen) atoms. The van der Waals surface area contributed by atoms with Crippen molar-refractivity contribution in [2.75, 3.05) is 0 Å². The Morgan fingerprint density at radius 3 is 2.73 bits per heavy atom. The van der Waals surface area contributed by atoms with Crippen molar-refractivity contribution in [2.24, 2.45) is 5.16 Å². The smallest absolute Gasteiger partial charge is 0.192 e. The van der Waals surface area contributed by atoms with Gasteiger partial charge in [-0.2, -0.15) is 5.10 Å². The SMILES string of the molecule is Clc1ccccc1/C=N/OCc1nc2c3cnn(Cc4ccccc4)c3ncn2n1. The van der Waals surface area contributed by atoms with Crippen molar-refractivity contribution in [2.45, 2.75) is 13.2 Å². The largest absolute Gasteiger partial charge is 0.387 e. The summed E-state index contributed by atoms with van der Waals surface area (Å²) < 4.78 is 3.47. The first-order valence-electron chi connectivity index (χ1n) is 9.27. The van der Waals surface area contributed by atoms with E-state index in [1.54, 1.807) is 29.3 Å². The van der Waals surface area contributed by atoms with E-state index in [9.17, 15) is 0 Å². The zero-order valence-corrected chi connectivity index (χ0v) is 16.5. The van der Waals surface area contributed by atoms with Gasteiger partial charge in [-0.15, -0.1) is 5.10 Å². The average Bonchev–Trinajstić information content (AvgIpc) is 3.37. The minimum absolute atomic E-state index is 0.127. The molecule has 0 aliphatic carbocycles. The predicted molar refractivity (Wildman–Crippen MR) is 113 cm³/mol. The van der Waals surface area contributed by atoms with Gasteiger partial charge < -0.3 is 4.84 Å². The Hall–Kier alpha value is -3.78. The predicted octanol–water partition coefficient (Wildman–Crippen LogP) is 3.73. The highest BCUT2D eigenvalue weighted by molar-refractivity contribution is 6.33. The van der Waals surface area contributed by atoms with Crippen molar-refractivity contribution >= 4 is 34.5 Å². The molecular weight excluding hydrogens is 402 g/mol. The molecule has 0 saturated carbocycles. The van der Waals surface area contributed by atoms with Gasteiger partial charge in [-0.25, -0.2) is 19.2 Å². The number of halogens is 1. The average molecular weight is 418 g/mol. The summed E-state index contributed by atoms with van der Waals surface area (Å²) in [4.78, 5) is 14.4. The monoisotopic (exact) mass is 417 g/mol. The zero-order valence-electron chi connectivity index (χ0n) is 15.8. The molecule has 9 heteroatoms. The van der Waals surface area contributed by atoms with Crippen molar-refractivity contribution in [3.63, 3.8) is 0 Å². The number of hydrogen-bond donors (Lipinski definition) is 0. The molecular formula is C21H16ClN7O. The topological polar surface area (TPSA) is 82.5 Å². The van der Waals surface area contributed by atoms with E-state index < -0.39 is 0 Å². The number of oxime groups is 1. The lowest BCUT2D eigenvalue weighted by atomic mass is 10.2. The number of hydrogen-bond acceptors (Lipinski definition) is 6. The summed E-state index contributed by atoms with van der Waals surface area (Å²) in [5, 5.41) is 14.3. The molecule has 0 saturated heterocycles. The summed E-state index contributed by atoms with van der Waals surface area (Å²) in [6.45, 7) is 0.761. The quantitative estimate of drug-likeness (QED) is 0.310. The van der Waals surface area contributed by atoms with E-state index >= 15 is 0 Å². The molecule has 0 amide bonds. The van der Waals surface area contributed by atoms with E-state index in [1.165, 1.54) is 0 Å². The van der Waals surface area contributed by atoms with Crippen LogP contribution >= 0.6 is 11.6 Å². The lowest BCUT2D eigenvalue weighted by Gasteiger charge is -2.02. The Morgan fingerprint density at radius 1 is 1.03 bits per heavy atom. The van der Waals surface area contributed by atoms with Gasteiger partial charge in [0.2, 0.25) is 0 Å². The van der Waals surface area contributed by atoms with Gasteiger partial charge in [-0.1, -0.05) is 65.3 Å². The van der Waals surface area contributed by atoms with E-state index in [0.29, 0.717) is 23.0 Å². The molecule has 0 unspecified atom stereocenters. The molecule has 2 aromatic carbocycles. The van der Waals surface area contributed by atoms with Gasteiger partial charge >= 0.3 is 0 Å². The summed E-state index contributed by atoms with van der Waals surface area (Å²) in [7, 11) is 0. The lowest BCUT2D eigenvalue weighted by molar-refractivity contribution is 0.126. The maximum absolute atomic E-state index is 6.09. The molecule has 5 aromatic rings. The minimum atomic E-state index is 0.127. The van der Waals surface area contributed by atoms with Gasteiger partial charge in [0, 0.05) is 10.6 Å². The molecule has 0 N–H and O–H groups in total. The molecule has 0 bridgehead atoms. The third-order valence-electron chi connectivity index (χ3n) is 4.56. The molecule has 3 heterocycles. The molecule has 8 nitrogen and oxygen atoms in total. The summed E-state index contributed by atoms with van der Waals surface area (Å²) in [5.74, 6) is 0.497. The van der Waals surface area contributed by atoms with Gasteiger partial charge in [-0.3, -0.25) is 0 Å². The number of benzene rings is 2. The Kier molecular flexibility index (Phi) is 4.82. The molecule has 0 aliphatic heterocycles. The highest BCUT2D eigenvalue weighted by atomic mass is 35.5. The molecule has 5 rings (SSSR count). The Morgan fingerprint density at radius 2 is 1.87 bits per heavy atom. The van der Waals surface area contributed by atoms with E-state index in [0.717, 1.165) is 22.2 Å². The molecule has 0 fully saturated rings. The first-order chi connectivity index (χ1) is 14.8. The highest BCUT2D eigenvalue weighted by Crippen LogP contribution is 2.18. The first kappa shape index (κ1) is 18.3. The fourth-order valence-corrected chi connectivity index (χ4v) is 3.30. The van der Waals surface area contributed by atoms with Crippen LogP contribution in [0.3, 0.4) is 0 Å². The third-order valence-corrected chi connectivity index (χ3v) is 4.90. The van der Waals surface area contributed by atoms with Gasteiger partial charge in [0.05, 0.1) is 24.3 Å². The van der Waals surface area contributed by atoms with Crippen LogP contribution < -0.4 is 0 Å². The van der Waals surface area contributed by atoms with Crippen molar-refractivity contribution < 1.29 is 4.84 Å². The van der Waals surface area contributed by atoms with Crippen molar-refractivity contribution in [1.29, 1.82) is 0 Å². The van der Waals surface area contributed by atoms with Crippen LogP contribution in [0.4, 0.5) is 0 Å². The highest BCUT2D eigenvalue weighted by Gasteiger charge is 2.13. The first-order valence-corrected chi connectivity index (χ1v) is 9.65. The summed E-state index contributed by atoms with van der Waals surface area (Å²) in [5.41, 5.74) is 3.35. The maximum Gasteiger partial charge on any atom is 0.192 e. The lowest BCUT2D eigenvalue weighted by Crippen LogP contribution is -2.03. The normalized spacial score (nSPS) is 11.6. The van der Waals surface area contributed by atoms with Crippen molar-refractivity contribution in [3.05, 3.63) is 89.1 Å². The Bertz CT molecular complexity index is 1340. The fourth-order valence-electron chi connectivity index (χ4n) is 3.12. The second kappa shape index (κ2) is 7.92. The van der Waals surface area contributed by atoms with Crippen LogP contribution in [0, 0.1) is 0 Å². The zero-order chi connectivity index (χ0) is 20.3. The van der Waals surface area contributed by atoms with E-state index in [4.69, 9.17) is 16.4 Å². The van der Waals surface area contributed by atoms with Crippen LogP contribution in [-0.2, 0) is 18.0 Å². The van der Waals surface area contributed by atoms with Gasteiger partial charge in [0.15, 0.2) is 23.7 Å². The number of rotatable bonds is 6. The Labute approximate surface area is 176 Å². The van der Waals surface area contributed by atoms with Crippen LogP contribution in [0.5, 0.6) is 0 Å². The van der Waals surface area contributed by atoms with Crippen LogP contribution in [0.2, 0.25) is 5.02 Å². The van der Waals surface area contributed by atoms with Gasteiger partial charge in [-0.05, 0) is 11.6 Å². The van der Waals surface area contributed by atoms with Gasteiger partial charge in [0.1, 0.15) is 6.33 Å². The molecule has 148 valence electrons. The fraction of sp³-hybridized carbons (Fsp3) is 0.0952. The molecule has 0 aliphatic rings. The second-order valence-corrected chi connectivity index (χ2v) is 7.00. The van der Waals surface area contributed by atoms with Crippen LogP contribution in [0.15, 0.2) is 72.3 Å². The minimum Gasteiger partial charge on any atom is -0.387 e. The third kappa shape index (κ3) is 3.60. The summed E-state index contributed by atoms with van der Waals surface area (Å²) >= 11 is 6.09. The molecule has 0 radical (unpaired) electrons. The summed E-state index contributed by atoms with van der Waals surface area (Å²) in [6, 6.07) is 17.5. The standard InChI is InChI=1S/C21H16ClN7O/c22-18-9-5-4-8-16(18)10-25-30-13-19-26-21-17-11-24-28(12-15-6-2-1-3-7-15)20(17)23-14-29(21)27-19/h1-11,14H,12-13H2/b25-10+. The molecule has 0 spiro atoms. The maximum atomic E-state index is 6.09. The van der Waals surface area contributed by atoms with Crippen LogP contribution in [-0.4, -0.2) is 35.6 Å². The van der Waals surface area contributed by atoms with E-state index in [2.05, 4.69) is 37.5 Å². The van der Waals surface area contributed by atoms with Crippen molar-refractivity contribution in [3.8, 4) is 0 Å². The second-order valence-electron chi connectivity index (χ2n) is 6.60.